The lowest BCUT2D eigenvalue weighted by atomic mass is 10.2. The lowest BCUT2D eigenvalue weighted by Crippen LogP contribution is -2.27. The van der Waals surface area contributed by atoms with Crippen molar-refractivity contribution in [1.29, 1.82) is 0 Å². The molecule has 1 aromatic heterocycles. The standard InChI is InChI=1S/C17H22N2O2S/c1-12-9-10-13(22-12)11-18-14-7-5-6-8-15(14)19-16(20)21-17(2,3)4/h5-10,18H,11H2,1-4H3,(H,19,20). The summed E-state index contributed by atoms with van der Waals surface area (Å²) in [5, 5.41) is 6.14. The van der Waals surface area contributed by atoms with Crippen LogP contribution in [0.2, 0.25) is 0 Å². The fraction of sp³-hybridized carbons (Fsp3) is 0.353. The third kappa shape index (κ3) is 5.07. The number of anilines is 2. The van der Waals surface area contributed by atoms with E-state index in [4.69, 9.17) is 4.74 Å². The van der Waals surface area contributed by atoms with Crippen molar-refractivity contribution < 1.29 is 9.53 Å². The first-order valence-corrected chi connectivity index (χ1v) is 8.03. The zero-order valence-corrected chi connectivity index (χ0v) is 14.2. The average molecular weight is 318 g/mol. The number of benzene rings is 1. The van der Waals surface area contributed by atoms with Gasteiger partial charge in [0.05, 0.1) is 11.4 Å². The largest absolute Gasteiger partial charge is 0.444 e. The summed E-state index contributed by atoms with van der Waals surface area (Å²) in [5.41, 5.74) is 1.07. The van der Waals surface area contributed by atoms with Crippen molar-refractivity contribution in [3.63, 3.8) is 0 Å². The summed E-state index contributed by atoms with van der Waals surface area (Å²) in [4.78, 5) is 14.4. The molecule has 2 rings (SSSR count). The van der Waals surface area contributed by atoms with Crippen molar-refractivity contribution >= 4 is 28.8 Å². The number of hydrogen-bond acceptors (Lipinski definition) is 4. The van der Waals surface area contributed by atoms with Crippen LogP contribution in [-0.4, -0.2) is 11.7 Å². The summed E-state index contributed by atoms with van der Waals surface area (Å²) >= 11 is 1.76. The molecule has 1 heterocycles. The molecule has 22 heavy (non-hydrogen) atoms. The van der Waals surface area contributed by atoms with Crippen LogP contribution >= 0.6 is 11.3 Å². The molecule has 0 unspecified atom stereocenters. The molecule has 4 nitrogen and oxygen atoms in total. The molecule has 2 N–H and O–H groups in total. The molecule has 5 heteroatoms. The van der Waals surface area contributed by atoms with Gasteiger partial charge in [-0.3, -0.25) is 5.32 Å². The molecular formula is C17H22N2O2S. The minimum Gasteiger partial charge on any atom is -0.444 e. The summed E-state index contributed by atoms with van der Waals surface area (Å²) in [6, 6.07) is 11.8. The number of ether oxygens (including phenoxy) is 1. The number of hydrogen-bond donors (Lipinski definition) is 2. The third-order valence-corrected chi connectivity index (χ3v) is 3.81. The number of nitrogens with one attached hydrogen (secondary N) is 2. The van der Waals surface area contributed by atoms with Crippen molar-refractivity contribution in [2.24, 2.45) is 0 Å². The van der Waals surface area contributed by atoms with Gasteiger partial charge in [-0.25, -0.2) is 4.79 Å². The highest BCUT2D eigenvalue weighted by Gasteiger charge is 2.17. The van der Waals surface area contributed by atoms with Gasteiger partial charge in [-0.15, -0.1) is 11.3 Å². The molecule has 1 aromatic carbocycles. The average Bonchev–Trinajstić information content (AvgIpc) is 2.81. The summed E-state index contributed by atoms with van der Waals surface area (Å²) in [5.74, 6) is 0. The molecule has 0 saturated heterocycles. The van der Waals surface area contributed by atoms with Crippen LogP contribution in [0.15, 0.2) is 36.4 Å². The van der Waals surface area contributed by atoms with Gasteiger partial charge in [0, 0.05) is 16.3 Å². The molecule has 2 aromatic rings. The first kappa shape index (κ1) is 16.4. The van der Waals surface area contributed by atoms with Crippen LogP contribution in [0.5, 0.6) is 0 Å². The minimum atomic E-state index is -0.513. The van der Waals surface area contributed by atoms with E-state index in [2.05, 4.69) is 29.7 Å². The Balaban J connectivity index is 2.01. The van der Waals surface area contributed by atoms with Crippen LogP contribution in [0.1, 0.15) is 30.5 Å². The van der Waals surface area contributed by atoms with Gasteiger partial charge >= 0.3 is 6.09 Å². The first-order valence-electron chi connectivity index (χ1n) is 7.22. The second kappa shape index (κ2) is 6.83. The number of thiophene rings is 1. The van der Waals surface area contributed by atoms with Crippen molar-refractivity contribution in [3.05, 3.63) is 46.2 Å². The first-order chi connectivity index (χ1) is 10.3. The predicted molar refractivity (Wildman–Crippen MR) is 92.7 cm³/mol. The van der Waals surface area contributed by atoms with E-state index in [-0.39, 0.29) is 0 Å². The Morgan fingerprint density at radius 2 is 1.82 bits per heavy atom. The molecule has 0 bridgehead atoms. The zero-order chi connectivity index (χ0) is 16.2. The van der Waals surface area contributed by atoms with E-state index in [1.807, 2.05) is 45.0 Å². The molecule has 118 valence electrons. The van der Waals surface area contributed by atoms with Gasteiger partial charge in [0.1, 0.15) is 5.60 Å². The molecule has 0 radical (unpaired) electrons. The minimum absolute atomic E-state index is 0.450. The van der Waals surface area contributed by atoms with E-state index < -0.39 is 11.7 Å². The molecule has 0 saturated carbocycles. The van der Waals surface area contributed by atoms with Gasteiger partial charge in [-0.05, 0) is 52.0 Å². The quantitative estimate of drug-likeness (QED) is 0.832. The van der Waals surface area contributed by atoms with Crippen LogP contribution in [-0.2, 0) is 11.3 Å². The fourth-order valence-corrected chi connectivity index (χ4v) is 2.75. The Kier molecular flexibility index (Phi) is 5.08. The molecule has 0 aliphatic heterocycles. The number of para-hydroxylation sites is 2. The number of rotatable bonds is 4. The summed E-state index contributed by atoms with van der Waals surface area (Å²) in [7, 11) is 0. The Morgan fingerprint density at radius 1 is 1.14 bits per heavy atom. The van der Waals surface area contributed by atoms with Crippen LogP contribution in [0.25, 0.3) is 0 Å². The molecule has 1 amide bonds. The normalized spacial score (nSPS) is 11.1. The maximum Gasteiger partial charge on any atom is 0.412 e. The topological polar surface area (TPSA) is 50.4 Å². The Labute approximate surface area is 135 Å². The third-order valence-electron chi connectivity index (χ3n) is 2.81. The van der Waals surface area contributed by atoms with Gasteiger partial charge in [0.15, 0.2) is 0 Å². The van der Waals surface area contributed by atoms with E-state index in [0.29, 0.717) is 5.69 Å². The summed E-state index contributed by atoms with van der Waals surface area (Å²) < 4.78 is 5.29. The van der Waals surface area contributed by atoms with Gasteiger partial charge in [-0.1, -0.05) is 12.1 Å². The van der Waals surface area contributed by atoms with E-state index in [1.54, 1.807) is 11.3 Å². The van der Waals surface area contributed by atoms with Crippen LogP contribution < -0.4 is 10.6 Å². The summed E-state index contributed by atoms with van der Waals surface area (Å²) in [6.45, 7) is 8.35. The number of aryl methyl sites for hydroxylation is 1. The number of carbonyl (C=O) groups excluding carboxylic acids is 1. The van der Waals surface area contributed by atoms with E-state index in [9.17, 15) is 4.79 Å². The maximum absolute atomic E-state index is 11.9. The van der Waals surface area contributed by atoms with Gasteiger partial charge < -0.3 is 10.1 Å². The molecule has 0 spiro atoms. The Morgan fingerprint density at radius 3 is 2.41 bits per heavy atom. The molecule has 0 aliphatic carbocycles. The Bertz CT molecular complexity index is 644. The molecule has 0 atom stereocenters. The number of amides is 1. The second-order valence-electron chi connectivity index (χ2n) is 6.04. The maximum atomic E-state index is 11.9. The van der Waals surface area contributed by atoms with Crippen LogP contribution in [0.3, 0.4) is 0 Å². The van der Waals surface area contributed by atoms with Crippen molar-refractivity contribution in [3.8, 4) is 0 Å². The highest BCUT2D eigenvalue weighted by atomic mass is 32.1. The highest BCUT2D eigenvalue weighted by molar-refractivity contribution is 7.11. The summed E-state index contributed by atoms with van der Waals surface area (Å²) in [6.07, 6.45) is -0.450. The molecular weight excluding hydrogens is 296 g/mol. The highest BCUT2D eigenvalue weighted by Crippen LogP contribution is 2.24. The van der Waals surface area contributed by atoms with Crippen LogP contribution in [0.4, 0.5) is 16.2 Å². The SMILES string of the molecule is Cc1ccc(CNc2ccccc2NC(=O)OC(C)(C)C)s1. The smallest absolute Gasteiger partial charge is 0.412 e. The second-order valence-corrected chi connectivity index (χ2v) is 7.41. The van der Waals surface area contributed by atoms with Gasteiger partial charge in [0.25, 0.3) is 0 Å². The Hall–Kier alpha value is -2.01. The van der Waals surface area contributed by atoms with Crippen molar-refractivity contribution in [2.75, 3.05) is 10.6 Å². The lowest BCUT2D eigenvalue weighted by molar-refractivity contribution is 0.0636. The fourth-order valence-electron chi connectivity index (χ4n) is 1.92. The molecule has 0 aliphatic rings. The van der Waals surface area contributed by atoms with Crippen LogP contribution in [0, 0.1) is 6.92 Å². The monoisotopic (exact) mass is 318 g/mol. The van der Waals surface area contributed by atoms with E-state index in [1.165, 1.54) is 9.75 Å². The predicted octanol–water partition coefficient (Wildman–Crippen LogP) is 5.02. The molecule has 0 fully saturated rings. The van der Waals surface area contributed by atoms with Gasteiger partial charge in [0.2, 0.25) is 0 Å². The van der Waals surface area contributed by atoms with Gasteiger partial charge in [-0.2, -0.15) is 0 Å². The number of carbonyl (C=O) groups is 1. The van der Waals surface area contributed by atoms with Crippen molar-refractivity contribution in [1.82, 2.24) is 0 Å². The zero-order valence-electron chi connectivity index (χ0n) is 13.4. The van der Waals surface area contributed by atoms with E-state index in [0.717, 1.165) is 12.2 Å². The van der Waals surface area contributed by atoms with Crippen molar-refractivity contribution in [2.45, 2.75) is 39.8 Å². The van der Waals surface area contributed by atoms with E-state index >= 15 is 0 Å². The lowest BCUT2D eigenvalue weighted by Gasteiger charge is -2.20.